The number of carbonyl (C=O) groups is 1. The lowest BCUT2D eigenvalue weighted by Gasteiger charge is -2.13. The number of hydrogen-bond donors (Lipinski definition) is 2. The number of hydrogen-bond acceptors (Lipinski definition) is 4. The van der Waals surface area contributed by atoms with Crippen LogP contribution in [0, 0.1) is 0 Å². The average Bonchev–Trinajstić information content (AvgIpc) is 3.00. The van der Waals surface area contributed by atoms with Gasteiger partial charge in [0.15, 0.2) is 0 Å². The number of amides is 1. The first-order valence-electron chi connectivity index (χ1n) is 8.49. The van der Waals surface area contributed by atoms with Gasteiger partial charge in [0.1, 0.15) is 0 Å². The first-order chi connectivity index (χ1) is 12.0. The zero-order valence-corrected chi connectivity index (χ0v) is 15.8. The second kappa shape index (κ2) is 7.58. The molecule has 2 aromatic rings. The summed E-state index contributed by atoms with van der Waals surface area (Å²) in [4.78, 5) is 13.9. The van der Waals surface area contributed by atoms with Crippen molar-refractivity contribution in [1.82, 2.24) is 0 Å². The summed E-state index contributed by atoms with van der Waals surface area (Å²) in [7, 11) is -3.30. The average molecular weight is 379 g/mol. The molecule has 2 N–H and O–H groups in total. The number of carbonyl (C=O) groups excluding carboxylic acids is 1. The highest BCUT2D eigenvalue weighted by molar-refractivity contribution is 7.92. The number of anilines is 2. The van der Waals surface area contributed by atoms with Crippen LogP contribution in [0.2, 0.25) is 0 Å². The van der Waals surface area contributed by atoms with Crippen molar-refractivity contribution in [2.24, 2.45) is 0 Å². The predicted molar refractivity (Wildman–Crippen MR) is 103 cm³/mol. The zero-order chi connectivity index (χ0) is 17.9. The number of aryl methyl sites for hydroxylation is 1. The maximum Gasteiger partial charge on any atom is 0.256 e. The summed E-state index contributed by atoms with van der Waals surface area (Å²) in [5.41, 5.74) is 3.11. The molecule has 0 aliphatic heterocycles. The zero-order valence-electron chi connectivity index (χ0n) is 14.2. The number of benzene rings is 1. The largest absolute Gasteiger partial charge is 0.322 e. The molecule has 3 rings (SSSR count). The molecule has 1 aliphatic carbocycles. The van der Waals surface area contributed by atoms with E-state index in [9.17, 15) is 13.2 Å². The lowest BCUT2D eigenvalue weighted by atomic mass is 9.95. The SMILES string of the molecule is CCCS(=O)(=O)Nc1ccc(NC(=O)c2csc3c2CCCC3)cc1. The Morgan fingerprint density at radius 1 is 1.12 bits per heavy atom. The number of rotatable bonds is 6. The van der Waals surface area contributed by atoms with Crippen molar-refractivity contribution in [3.05, 3.63) is 45.6 Å². The summed E-state index contributed by atoms with van der Waals surface area (Å²) in [6, 6.07) is 6.73. The molecule has 0 saturated carbocycles. The van der Waals surface area contributed by atoms with Crippen LogP contribution in [-0.4, -0.2) is 20.1 Å². The first kappa shape index (κ1) is 17.9. The molecular formula is C18H22N2O3S2. The van der Waals surface area contributed by atoms with Crippen LogP contribution in [-0.2, 0) is 22.9 Å². The Bertz CT molecular complexity index is 855. The van der Waals surface area contributed by atoms with Gasteiger partial charge in [-0.3, -0.25) is 9.52 Å². The van der Waals surface area contributed by atoms with E-state index >= 15 is 0 Å². The van der Waals surface area contributed by atoms with Crippen LogP contribution >= 0.6 is 11.3 Å². The summed E-state index contributed by atoms with van der Waals surface area (Å²) in [6.45, 7) is 1.82. The Balaban J connectivity index is 1.67. The molecule has 0 unspecified atom stereocenters. The minimum atomic E-state index is -3.30. The molecule has 0 fully saturated rings. The van der Waals surface area contributed by atoms with Gasteiger partial charge in [-0.15, -0.1) is 11.3 Å². The fourth-order valence-corrected chi connectivity index (χ4v) is 5.26. The number of thiophene rings is 1. The molecule has 1 heterocycles. The molecule has 5 nitrogen and oxygen atoms in total. The molecule has 0 saturated heterocycles. The third-order valence-electron chi connectivity index (χ3n) is 4.19. The Hall–Kier alpha value is -1.86. The quantitative estimate of drug-likeness (QED) is 0.797. The highest BCUT2D eigenvalue weighted by Crippen LogP contribution is 2.30. The smallest absolute Gasteiger partial charge is 0.256 e. The van der Waals surface area contributed by atoms with Gasteiger partial charge in [0.05, 0.1) is 11.3 Å². The van der Waals surface area contributed by atoms with Crippen LogP contribution in [0.1, 0.15) is 47.0 Å². The molecule has 0 radical (unpaired) electrons. The highest BCUT2D eigenvalue weighted by atomic mass is 32.2. The monoisotopic (exact) mass is 378 g/mol. The molecule has 1 amide bonds. The van der Waals surface area contributed by atoms with Gasteiger partial charge in [-0.05, 0) is 61.9 Å². The van der Waals surface area contributed by atoms with E-state index in [1.807, 2.05) is 12.3 Å². The van der Waals surface area contributed by atoms with Gasteiger partial charge >= 0.3 is 0 Å². The molecule has 0 spiro atoms. The van der Waals surface area contributed by atoms with Crippen molar-refractivity contribution in [3.8, 4) is 0 Å². The number of sulfonamides is 1. The Morgan fingerprint density at radius 3 is 2.52 bits per heavy atom. The van der Waals surface area contributed by atoms with E-state index in [1.165, 1.54) is 16.9 Å². The van der Waals surface area contributed by atoms with Crippen molar-refractivity contribution < 1.29 is 13.2 Å². The number of fused-ring (bicyclic) bond motifs is 1. The minimum Gasteiger partial charge on any atom is -0.322 e. The van der Waals surface area contributed by atoms with Crippen LogP contribution in [0.25, 0.3) is 0 Å². The van der Waals surface area contributed by atoms with E-state index in [0.717, 1.165) is 24.8 Å². The number of nitrogens with one attached hydrogen (secondary N) is 2. The van der Waals surface area contributed by atoms with E-state index in [2.05, 4.69) is 10.0 Å². The molecule has 1 aromatic heterocycles. The minimum absolute atomic E-state index is 0.0920. The molecule has 7 heteroatoms. The van der Waals surface area contributed by atoms with Crippen molar-refractivity contribution in [1.29, 1.82) is 0 Å². The van der Waals surface area contributed by atoms with Crippen LogP contribution in [0.3, 0.4) is 0 Å². The van der Waals surface area contributed by atoms with Crippen LogP contribution in [0.5, 0.6) is 0 Å². The summed E-state index contributed by atoms with van der Waals surface area (Å²) < 4.78 is 26.1. The third kappa shape index (κ3) is 4.41. The van der Waals surface area contributed by atoms with Gasteiger partial charge in [-0.2, -0.15) is 0 Å². The maximum absolute atomic E-state index is 12.5. The van der Waals surface area contributed by atoms with E-state index < -0.39 is 10.0 Å². The fraction of sp³-hybridized carbons (Fsp3) is 0.389. The Morgan fingerprint density at radius 2 is 1.80 bits per heavy atom. The second-order valence-corrected chi connectivity index (χ2v) is 9.02. The van der Waals surface area contributed by atoms with Crippen molar-refractivity contribution >= 4 is 38.6 Å². The second-order valence-electron chi connectivity index (χ2n) is 6.21. The van der Waals surface area contributed by atoms with Gasteiger partial charge in [0, 0.05) is 21.6 Å². The van der Waals surface area contributed by atoms with E-state index in [1.54, 1.807) is 35.6 Å². The lowest BCUT2D eigenvalue weighted by Crippen LogP contribution is -2.16. The Labute approximate surface area is 152 Å². The first-order valence-corrected chi connectivity index (χ1v) is 11.0. The van der Waals surface area contributed by atoms with Crippen LogP contribution < -0.4 is 10.0 Å². The molecular weight excluding hydrogens is 356 g/mol. The predicted octanol–water partition coefficient (Wildman–Crippen LogP) is 4.03. The highest BCUT2D eigenvalue weighted by Gasteiger charge is 2.20. The van der Waals surface area contributed by atoms with Crippen LogP contribution in [0.4, 0.5) is 11.4 Å². The van der Waals surface area contributed by atoms with E-state index in [4.69, 9.17) is 0 Å². The van der Waals surface area contributed by atoms with Gasteiger partial charge in [0.25, 0.3) is 5.91 Å². The molecule has 0 atom stereocenters. The normalized spacial score (nSPS) is 14.0. The fourth-order valence-electron chi connectivity index (χ4n) is 3.00. The standard InChI is InChI=1S/C18H22N2O3S2/c1-2-11-25(22,23)20-14-9-7-13(8-10-14)19-18(21)16-12-24-17-6-4-3-5-15(16)17/h7-10,12,20H,2-6,11H2,1H3,(H,19,21). The summed E-state index contributed by atoms with van der Waals surface area (Å²) in [5, 5.41) is 4.84. The van der Waals surface area contributed by atoms with E-state index in [0.29, 0.717) is 17.8 Å². The van der Waals surface area contributed by atoms with E-state index in [-0.39, 0.29) is 11.7 Å². The summed E-state index contributed by atoms with van der Waals surface area (Å²) in [6.07, 6.45) is 4.94. The third-order valence-corrected chi connectivity index (χ3v) is 6.78. The maximum atomic E-state index is 12.5. The summed E-state index contributed by atoms with van der Waals surface area (Å²) in [5.74, 6) is -0.00640. The molecule has 134 valence electrons. The van der Waals surface area contributed by atoms with Crippen molar-refractivity contribution in [2.45, 2.75) is 39.0 Å². The topological polar surface area (TPSA) is 75.3 Å². The Kier molecular flexibility index (Phi) is 5.44. The van der Waals surface area contributed by atoms with Crippen molar-refractivity contribution in [3.63, 3.8) is 0 Å². The lowest BCUT2D eigenvalue weighted by molar-refractivity contribution is 0.102. The molecule has 1 aromatic carbocycles. The summed E-state index contributed by atoms with van der Waals surface area (Å²) >= 11 is 1.67. The van der Waals surface area contributed by atoms with Crippen molar-refractivity contribution in [2.75, 3.05) is 15.8 Å². The van der Waals surface area contributed by atoms with Gasteiger partial charge in [0.2, 0.25) is 10.0 Å². The van der Waals surface area contributed by atoms with Gasteiger partial charge < -0.3 is 5.32 Å². The molecule has 0 bridgehead atoms. The van der Waals surface area contributed by atoms with Gasteiger partial charge in [-0.1, -0.05) is 6.92 Å². The van der Waals surface area contributed by atoms with Gasteiger partial charge in [-0.25, -0.2) is 8.42 Å². The molecule has 25 heavy (non-hydrogen) atoms. The van der Waals surface area contributed by atoms with Crippen LogP contribution in [0.15, 0.2) is 29.6 Å². The molecule has 1 aliphatic rings.